The molecule has 6 heteroatoms. The predicted octanol–water partition coefficient (Wildman–Crippen LogP) is 5.47. The first-order valence-electron chi connectivity index (χ1n) is 11.3. The molecule has 168 valence electrons. The van der Waals surface area contributed by atoms with Crippen molar-refractivity contribution in [1.29, 1.82) is 0 Å². The van der Waals surface area contributed by atoms with Crippen LogP contribution in [0.3, 0.4) is 0 Å². The van der Waals surface area contributed by atoms with Crippen LogP contribution in [0.25, 0.3) is 11.0 Å². The summed E-state index contributed by atoms with van der Waals surface area (Å²) in [6.07, 6.45) is 1.21. The van der Waals surface area contributed by atoms with E-state index in [1.54, 1.807) is 17.0 Å². The second kappa shape index (κ2) is 9.06. The Labute approximate surface area is 192 Å². The first-order valence-corrected chi connectivity index (χ1v) is 11.3. The number of aromatic nitrogens is 2. The number of carbonyl (C=O) groups is 1. The van der Waals surface area contributed by atoms with E-state index in [9.17, 15) is 9.18 Å². The molecule has 1 aromatic heterocycles. The number of benzene rings is 3. The van der Waals surface area contributed by atoms with Crippen molar-refractivity contribution in [3.63, 3.8) is 0 Å². The second-order valence-corrected chi connectivity index (χ2v) is 8.51. The van der Waals surface area contributed by atoms with E-state index in [1.165, 1.54) is 17.7 Å². The third-order valence-corrected chi connectivity index (χ3v) is 6.13. The number of halogens is 1. The molecule has 0 radical (unpaired) electrons. The fourth-order valence-corrected chi connectivity index (χ4v) is 4.44. The van der Waals surface area contributed by atoms with Crippen molar-refractivity contribution in [2.75, 3.05) is 18.1 Å². The minimum Gasteiger partial charge on any atom is -0.494 e. The van der Waals surface area contributed by atoms with Gasteiger partial charge in [0.25, 0.3) is 0 Å². The zero-order valence-corrected chi connectivity index (χ0v) is 18.6. The summed E-state index contributed by atoms with van der Waals surface area (Å²) in [5.41, 5.74) is 3.92. The monoisotopic (exact) mass is 443 g/mol. The quantitative estimate of drug-likeness (QED) is 0.356. The van der Waals surface area contributed by atoms with Gasteiger partial charge in [-0.25, -0.2) is 9.37 Å². The Hall–Kier alpha value is -3.67. The Morgan fingerprint density at radius 2 is 1.79 bits per heavy atom. The Morgan fingerprint density at radius 1 is 1.03 bits per heavy atom. The predicted molar refractivity (Wildman–Crippen MR) is 127 cm³/mol. The molecule has 1 atom stereocenters. The number of carbonyl (C=O) groups excluding carboxylic acids is 1. The molecule has 1 aliphatic rings. The van der Waals surface area contributed by atoms with E-state index in [2.05, 4.69) is 17.6 Å². The lowest BCUT2D eigenvalue weighted by atomic mass is 10.1. The van der Waals surface area contributed by atoms with Crippen molar-refractivity contribution in [2.45, 2.75) is 32.2 Å². The van der Waals surface area contributed by atoms with Crippen LogP contribution in [-0.2, 0) is 11.3 Å². The summed E-state index contributed by atoms with van der Waals surface area (Å²) in [6.45, 7) is 3.94. The van der Waals surface area contributed by atoms with Crippen LogP contribution in [0.1, 0.15) is 30.1 Å². The minimum atomic E-state index is -0.309. The highest BCUT2D eigenvalue weighted by Crippen LogP contribution is 2.33. The highest BCUT2D eigenvalue weighted by molar-refractivity contribution is 5.96. The summed E-state index contributed by atoms with van der Waals surface area (Å²) >= 11 is 0. The van der Waals surface area contributed by atoms with E-state index in [0.29, 0.717) is 19.6 Å². The molecule has 33 heavy (non-hydrogen) atoms. The molecule has 1 aliphatic heterocycles. The molecule has 0 N–H and O–H groups in total. The third kappa shape index (κ3) is 4.46. The number of para-hydroxylation sites is 2. The summed E-state index contributed by atoms with van der Waals surface area (Å²) in [7, 11) is 0. The van der Waals surface area contributed by atoms with Gasteiger partial charge in [-0.3, -0.25) is 4.79 Å². The van der Waals surface area contributed by atoms with Crippen LogP contribution in [-0.4, -0.2) is 28.6 Å². The molecular formula is C27H26FN3O2. The topological polar surface area (TPSA) is 47.4 Å². The van der Waals surface area contributed by atoms with Gasteiger partial charge < -0.3 is 14.2 Å². The summed E-state index contributed by atoms with van der Waals surface area (Å²) in [5.74, 6) is 1.50. The highest BCUT2D eigenvalue weighted by Gasteiger charge is 2.34. The van der Waals surface area contributed by atoms with Crippen molar-refractivity contribution in [2.24, 2.45) is 0 Å². The first-order chi connectivity index (χ1) is 16.1. The number of nitrogens with zero attached hydrogens (tertiary/aromatic N) is 3. The maximum Gasteiger partial charge on any atom is 0.227 e. The molecule has 3 aromatic carbocycles. The molecule has 0 unspecified atom stereocenters. The Morgan fingerprint density at radius 3 is 2.58 bits per heavy atom. The van der Waals surface area contributed by atoms with Gasteiger partial charge in [-0.1, -0.05) is 29.8 Å². The van der Waals surface area contributed by atoms with Gasteiger partial charge in [0.1, 0.15) is 17.4 Å². The SMILES string of the molecule is Cc1ccc(OCCCn2c([C@H]3CC(=O)N(c4ccc(F)cc4)C3)nc3ccccc32)cc1. The smallest absolute Gasteiger partial charge is 0.227 e. The summed E-state index contributed by atoms with van der Waals surface area (Å²) in [4.78, 5) is 19.4. The molecule has 1 amide bonds. The van der Waals surface area contributed by atoms with E-state index < -0.39 is 0 Å². The number of ether oxygens (including phenoxy) is 1. The van der Waals surface area contributed by atoms with E-state index in [-0.39, 0.29) is 17.6 Å². The van der Waals surface area contributed by atoms with Crippen molar-refractivity contribution in [3.05, 3.63) is 90.0 Å². The van der Waals surface area contributed by atoms with Gasteiger partial charge in [-0.05, 0) is 61.9 Å². The Kier molecular flexibility index (Phi) is 5.82. The van der Waals surface area contributed by atoms with Gasteiger partial charge in [0.2, 0.25) is 5.91 Å². The summed E-state index contributed by atoms with van der Waals surface area (Å²) < 4.78 is 21.5. The lowest BCUT2D eigenvalue weighted by molar-refractivity contribution is -0.117. The number of rotatable bonds is 7. The van der Waals surface area contributed by atoms with E-state index in [0.717, 1.165) is 41.3 Å². The Bertz CT molecular complexity index is 1270. The number of aryl methyl sites for hydroxylation is 2. The maximum absolute atomic E-state index is 13.3. The van der Waals surface area contributed by atoms with Gasteiger partial charge in [0.15, 0.2) is 0 Å². The Balaban J connectivity index is 1.34. The first kappa shape index (κ1) is 21.2. The number of imidazole rings is 1. The van der Waals surface area contributed by atoms with Crippen molar-refractivity contribution < 1.29 is 13.9 Å². The molecule has 5 rings (SSSR count). The number of amides is 1. The molecule has 1 saturated heterocycles. The van der Waals surface area contributed by atoms with Crippen molar-refractivity contribution >= 4 is 22.6 Å². The van der Waals surface area contributed by atoms with E-state index >= 15 is 0 Å². The number of fused-ring (bicyclic) bond motifs is 1. The molecule has 0 aliphatic carbocycles. The normalized spacial score (nSPS) is 16.0. The molecule has 0 bridgehead atoms. The van der Waals surface area contributed by atoms with Crippen LogP contribution in [0.4, 0.5) is 10.1 Å². The zero-order valence-electron chi connectivity index (χ0n) is 18.6. The van der Waals surface area contributed by atoms with Crippen LogP contribution >= 0.6 is 0 Å². The average molecular weight is 444 g/mol. The maximum atomic E-state index is 13.3. The van der Waals surface area contributed by atoms with Crippen LogP contribution in [0.5, 0.6) is 5.75 Å². The average Bonchev–Trinajstić information content (AvgIpc) is 3.39. The fourth-order valence-electron chi connectivity index (χ4n) is 4.44. The van der Waals surface area contributed by atoms with Gasteiger partial charge in [-0.15, -0.1) is 0 Å². The van der Waals surface area contributed by atoms with Gasteiger partial charge in [0.05, 0.1) is 17.6 Å². The van der Waals surface area contributed by atoms with Crippen LogP contribution in [0, 0.1) is 12.7 Å². The largest absolute Gasteiger partial charge is 0.494 e. The van der Waals surface area contributed by atoms with Crippen LogP contribution in [0.15, 0.2) is 72.8 Å². The van der Waals surface area contributed by atoms with Crippen LogP contribution < -0.4 is 9.64 Å². The third-order valence-electron chi connectivity index (χ3n) is 6.13. The molecule has 2 heterocycles. The molecule has 0 spiro atoms. The van der Waals surface area contributed by atoms with Crippen molar-refractivity contribution in [3.8, 4) is 5.75 Å². The standard InChI is InChI=1S/C27H26FN3O2/c1-19-7-13-23(14-8-19)33-16-4-15-30-25-6-3-2-5-24(25)29-27(30)20-17-26(32)31(18-20)22-11-9-21(28)10-12-22/h2-3,5-14,20H,4,15-18H2,1H3/t20-/m0/s1. The summed E-state index contributed by atoms with van der Waals surface area (Å²) in [6, 6.07) is 22.2. The fraction of sp³-hybridized carbons (Fsp3) is 0.259. The molecule has 4 aromatic rings. The van der Waals surface area contributed by atoms with Crippen LogP contribution in [0.2, 0.25) is 0 Å². The molecular weight excluding hydrogens is 417 g/mol. The number of hydrogen-bond donors (Lipinski definition) is 0. The number of anilines is 1. The molecule has 0 saturated carbocycles. The van der Waals surface area contributed by atoms with E-state index in [4.69, 9.17) is 9.72 Å². The molecule has 1 fully saturated rings. The lowest BCUT2D eigenvalue weighted by Gasteiger charge is -2.17. The minimum absolute atomic E-state index is 0.0204. The van der Waals surface area contributed by atoms with Gasteiger partial charge >= 0.3 is 0 Å². The summed E-state index contributed by atoms with van der Waals surface area (Å²) in [5, 5.41) is 0. The highest BCUT2D eigenvalue weighted by atomic mass is 19.1. The second-order valence-electron chi connectivity index (χ2n) is 8.51. The zero-order chi connectivity index (χ0) is 22.8. The number of hydrogen-bond acceptors (Lipinski definition) is 3. The van der Waals surface area contributed by atoms with Gasteiger partial charge in [0, 0.05) is 31.1 Å². The lowest BCUT2D eigenvalue weighted by Crippen LogP contribution is -2.24. The van der Waals surface area contributed by atoms with Crippen molar-refractivity contribution in [1.82, 2.24) is 9.55 Å². The van der Waals surface area contributed by atoms with Gasteiger partial charge in [-0.2, -0.15) is 0 Å². The molecule has 5 nitrogen and oxygen atoms in total. The van der Waals surface area contributed by atoms with E-state index in [1.807, 2.05) is 42.5 Å².